The summed E-state index contributed by atoms with van der Waals surface area (Å²) in [7, 11) is 2.18. The molecular weight excluding hydrogens is 368 g/mol. The Kier molecular flexibility index (Phi) is 4.76. The molecule has 1 fully saturated rings. The number of fused-ring (bicyclic) bond motifs is 1. The second kappa shape index (κ2) is 6.52. The highest BCUT2D eigenvalue weighted by Gasteiger charge is 2.25. The second-order valence-corrected chi connectivity index (χ2v) is 8.56. The van der Waals surface area contributed by atoms with Crippen molar-refractivity contribution in [3.63, 3.8) is 0 Å². The topological polar surface area (TPSA) is 34.5 Å². The van der Waals surface area contributed by atoms with Gasteiger partial charge < -0.3 is 9.64 Å². The number of benzene rings is 1. The molecule has 1 saturated heterocycles. The van der Waals surface area contributed by atoms with Crippen molar-refractivity contribution in [1.29, 1.82) is 0 Å². The van der Waals surface area contributed by atoms with E-state index in [4.69, 9.17) is 4.74 Å². The minimum Gasteiger partial charge on any atom is -0.443 e. The first kappa shape index (κ1) is 17.5. The number of halogens is 1. The quantitative estimate of drug-likeness (QED) is 0.734. The number of likely N-dealkylation sites (N-methyl/N-ethyl adjacent to an activating group) is 1. The summed E-state index contributed by atoms with van der Waals surface area (Å²) in [6.45, 7) is 6.82. The molecule has 4 nitrogen and oxygen atoms in total. The second-order valence-electron chi connectivity index (χ2n) is 7.65. The zero-order valence-electron chi connectivity index (χ0n) is 14.8. The summed E-state index contributed by atoms with van der Waals surface area (Å²) in [6.07, 6.45) is 5.05. The molecular formula is C19H25BrN2O2. The summed E-state index contributed by atoms with van der Waals surface area (Å²) in [5.74, 6) is 0. The van der Waals surface area contributed by atoms with E-state index in [1.807, 2.05) is 39.1 Å². The average molecular weight is 393 g/mol. The first-order valence-corrected chi connectivity index (χ1v) is 9.27. The maximum Gasteiger partial charge on any atom is 0.419 e. The number of rotatable bonds is 2. The largest absolute Gasteiger partial charge is 0.443 e. The summed E-state index contributed by atoms with van der Waals surface area (Å²) < 4.78 is 8.24. The van der Waals surface area contributed by atoms with Crippen LogP contribution in [0.2, 0.25) is 0 Å². The van der Waals surface area contributed by atoms with Crippen LogP contribution in [0.5, 0.6) is 0 Å². The zero-order chi connectivity index (χ0) is 17.5. The summed E-state index contributed by atoms with van der Waals surface area (Å²) in [4.78, 5) is 15.0. The van der Waals surface area contributed by atoms with Crippen molar-refractivity contribution in [2.45, 2.75) is 51.7 Å². The maximum absolute atomic E-state index is 12.6. The van der Waals surface area contributed by atoms with Gasteiger partial charge >= 0.3 is 6.09 Å². The van der Waals surface area contributed by atoms with E-state index in [0.29, 0.717) is 6.04 Å². The van der Waals surface area contributed by atoms with Crippen LogP contribution in [0.3, 0.4) is 0 Å². The Morgan fingerprint density at radius 1 is 1.38 bits per heavy atom. The van der Waals surface area contributed by atoms with Gasteiger partial charge in [0.15, 0.2) is 0 Å². The summed E-state index contributed by atoms with van der Waals surface area (Å²) in [6, 6.07) is 6.59. The highest BCUT2D eigenvalue weighted by atomic mass is 79.9. The van der Waals surface area contributed by atoms with Crippen molar-refractivity contribution in [2.24, 2.45) is 0 Å². The van der Waals surface area contributed by atoms with Gasteiger partial charge in [-0.15, -0.1) is 0 Å². The molecule has 0 amide bonds. The third-order valence-electron chi connectivity index (χ3n) is 4.57. The molecule has 2 aromatic rings. The van der Waals surface area contributed by atoms with Gasteiger partial charge in [-0.1, -0.05) is 15.9 Å². The Morgan fingerprint density at radius 3 is 2.75 bits per heavy atom. The fourth-order valence-electron chi connectivity index (χ4n) is 3.39. The van der Waals surface area contributed by atoms with Gasteiger partial charge in [0.1, 0.15) is 5.60 Å². The lowest BCUT2D eigenvalue weighted by Crippen LogP contribution is -2.27. The Hall–Kier alpha value is -1.33. The van der Waals surface area contributed by atoms with E-state index in [1.165, 1.54) is 18.4 Å². The van der Waals surface area contributed by atoms with E-state index >= 15 is 0 Å². The van der Waals surface area contributed by atoms with E-state index in [1.54, 1.807) is 4.57 Å². The fraction of sp³-hybridized carbons (Fsp3) is 0.526. The van der Waals surface area contributed by atoms with Crippen molar-refractivity contribution in [2.75, 3.05) is 13.6 Å². The van der Waals surface area contributed by atoms with Crippen LogP contribution in [0.25, 0.3) is 10.9 Å². The highest BCUT2D eigenvalue weighted by Crippen LogP contribution is 2.29. The van der Waals surface area contributed by atoms with E-state index in [0.717, 1.165) is 28.3 Å². The molecule has 0 N–H and O–H groups in total. The standard InChI is InChI=1S/C19H25BrN2O2/c1-19(2,3)24-18(23)22-12-13(10-15-6-5-9-21(15)4)16-11-14(20)7-8-17(16)22/h7-8,11-12,15H,5-6,9-10H2,1-4H3. The van der Waals surface area contributed by atoms with Crippen molar-refractivity contribution < 1.29 is 9.53 Å². The number of carbonyl (C=O) groups excluding carboxylic acids is 1. The first-order valence-electron chi connectivity index (χ1n) is 8.48. The van der Waals surface area contributed by atoms with E-state index in [-0.39, 0.29) is 6.09 Å². The molecule has 1 unspecified atom stereocenters. The molecule has 3 rings (SSSR count). The highest BCUT2D eigenvalue weighted by molar-refractivity contribution is 9.10. The predicted molar refractivity (Wildman–Crippen MR) is 101 cm³/mol. The molecule has 1 atom stereocenters. The van der Waals surface area contributed by atoms with Gasteiger partial charge in [0.05, 0.1) is 5.52 Å². The molecule has 0 bridgehead atoms. The van der Waals surface area contributed by atoms with Gasteiger partial charge in [0.25, 0.3) is 0 Å². The van der Waals surface area contributed by atoms with Gasteiger partial charge in [-0.25, -0.2) is 4.79 Å². The number of likely N-dealkylation sites (tertiary alicyclic amines) is 1. The lowest BCUT2D eigenvalue weighted by Gasteiger charge is -2.20. The SMILES string of the molecule is CN1CCCC1Cc1cn(C(=O)OC(C)(C)C)c2ccc(Br)cc12. The first-order chi connectivity index (χ1) is 11.2. The number of hydrogen-bond acceptors (Lipinski definition) is 3. The lowest BCUT2D eigenvalue weighted by molar-refractivity contribution is 0.0544. The molecule has 0 aliphatic carbocycles. The molecule has 1 aromatic heterocycles. The molecule has 1 aliphatic rings. The summed E-state index contributed by atoms with van der Waals surface area (Å²) in [5, 5.41) is 1.12. The fourth-order valence-corrected chi connectivity index (χ4v) is 3.75. The Bertz CT molecular complexity index is 761. The van der Waals surface area contributed by atoms with Crippen LogP contribution in [-0.4, -0.2) is 40.8 Å². The molecule has 1 aliphatic heterocycles. The van der Waals surface area contributed by atoms with Gasteiger partial charge in [0, 0.05) is 22.1 Å². The molecule has 0 saturated carbocycles. The minimum absolute atomic E-state index is 0.319. The predicted octanol–water partition coefficient (Wildman–Crippen LogP) is 4.82. The van der Waals surface area contributed by atoms with Crippen LogP contribution in [0.1, 0.15) is 39.2 Å². The monoisotopic (exact) mass is 392 g/mol. The molecule has 2 heterocycles. The van der Waals surface area contributed by atoms with E-state index in [2.05, 4.69) is 33.9 Å². The number of carbonyl (C=O) groups is 1. The minimum atomic E-state index is -0.505. The van der Waals surface area contributed by atoms with Crippen LogP contribution >= 0.6 is 15.9 Å². The maximum atomic E-state index is 12.6. The van der Waals surface area contributed by atoms with Gasteiger partial charge in [-0.05, 0) is 77.4 Å². The van der Waals surface area contributed by atoms with E-state index < -0.39 is 5.60 Å². The lowest BCUT2D eigenvalue weighted by atomic mass is 10.0. The summed E-state index contributed by atoms with van der Waals surface area (Å²) >= 11 is 3.55. The molecule has 24 heavy (non-hydrogen) atoms. The van der Waals surface area contributed by atoms with Crippen molar-refractivity contribution >= 4 is 32.9 Å². The third kappa shape index (κ3) is 3.67. The van der Waals surface area contributed by atoms with Crippen molar-refractivity contribution in [3.8, 4) is 0 Å². The zero-order valence-corrected chi connectivity index (χ0v) is 16.4. The summed E-state index contributed by atoms with van der Waals surface area (Å²) in [5.41, 5.74) is 1.61. The molecule has 5 heteroatoms. The average Bonchev–Trinajstić information content (AvgIpc) is 3.02. The van der Waals surface area contributed by atoms with Crippen LogP contribution < -0.4 is 0 Å². The van der Waals surface area contributed by atoms with Gasteiger partial charge in [-0.3, -0.25) is 4.57 Å². The Labute approximate surface area is 151 Å². The molecule has 0 spiro atoms. The van der Waals surface area contributed by atoms with Crippen molar-refractivity contribution in [3.05, 3.63) is 34.4 Å². The van der Waals surface area contributed by atoms with E-state index in [9.17, 15) is 4.79 Å². The van der Waals surface area contributed by atoms with Gasteiger partial charge in [-0.2, -0.15) is 0 Å². The van der Waals surface area contributed by atoms with Crippen LogP contribution in [-0.2, 0) is 11.2 Å². The molecule has 1 aromatic carbocycles. The van der Waals surface area contributed by atoms with Crippen LogP contribution in [0.4, 0.5) is 4.79 Å². The normalized spacial score (nSPS) is 19.1. The number of nitrogens with zero attached hydrogens (tertiary/aromatic N) is 2. The smallest absolute Gasteiger partial charge is 0.419 e. The van der Waals surface area contributed by atoms with Crippen LogP contribution in [0, 0.1) is 0 Å². The molecule has 130 valence electrons. The van der Waals surface area contributed by atoms with Crippen LogP contribution in [0.15, 0.2) is 28.9 Å². The number of ether oxygens (including phenoxy) is 1. The Morgan fingerprint density at radius 2 is 2.12 bits per heavy atom. The van der Waals surface area contributed by atoms with Gasteiger partial charge in [0.2, 0.25) is 0 Å². The molecule has 0 radical (unpaired) electrons. The van der Waals surface area contributed by atoms with Crippen molar-refractivity contribution in [1.82, 2.24) is 9.47 Å². The number of hydrogen-bond donors (Lipinski definition) is 0. The third-order valence-corrected chi connectivity index (χ3v) is 5.06. The Balaban J connectivity index is 1.99. The number of aromatic nitrogens is 1.